The molecule has 0 radical (unpaired) electrons. The molecule has 1 aromatic heterocycles. The number of fused-ring (bicyclic) bond motifs is 1. The molecular formula is C22H20O12. The number of ether oxygens (including phenoxy) is 3. The van der Waals surface area contributed by atoms with Gasteiger partial charge in [-0.1, -0.05) is 0 Å². The Kier molecular flexibility index (Phi) is 6.06. The molecule has 0 spiro atoms. The van der Waals surface area contributed by atoms with Crippen molar-refractivity contribution in [2.45, 2.75) is 30.7 Å². The summed E-state index contributed by atoms with van der Waals surface area (Å²) in [6, 6.07) is 7.63. The second kappa shape index (κ2) is 8.83. The summed E-state index contributed by atoms with van der Waals surface area (Å²) in [5.41, 5.74) is -0.405. The van der Waals surface area contributed by atoms with E-state index < -0.39 is 47.9 Å². The van der Waals surface area contributed by atoms with Gasteiger partial charge in [-0.15, -0.1) is 0 Å². The first kappa shape index (κ1) is 23.3. The van der Waals surface area contributed by atoms with Crippen LogP contribution in [0.1, 0.15) is 0 Å². The lowest BCUT2D eigenvalue weighted by Gasteiger charge is -2.38. The smallest absolute Gasteiger partial charge is 0.335 e. The van der Waals surface area contributed by atoms with Gasteiger partial charge >= 0.3 is 5.97 Å². The zero-order valence-electron chi connectivity index (χ0n) is 17.5. The highest BCUT2D eigenvalue weighted by Crippen LogP contribution is 2.35. The summed E-state index contributed by atoms with van der Waals surface area (Å²) in [4.78, 5) is 23.9. The van der Waals surface area contributed by atoms with Gasteiger partial charge in [0.15, 0.2) is 23.0 Å². The number of benzene rings is 2. The van der Waals surface area contributed by atoms with Gasteiger partial charge in [0, 0.05) is 23.8 Å². The topological polar surface area (TPSA) is 196 Å². The number of aliphatic carboxylic acids is 1. The van der Waals surface area contributed by atoms with Crippen LogP contribution < -0.4 is 14.9 Å². The highest BCUT2D eigenvalue weighted by molar-refractivity contribution is 5.86. The Morgan fingerprint density at radius 2 is 1.71 bits per heavy atom. The van der Waals surface area contributed by atoms with E-state index in [1.807, 2.05) is 0 Å². The quantitative estimate of drug-likeness (QED) is 0.292. The normalized spacial score (nSPS) is 24.6. The molecule has 0 bridgehead atoms. The molecule has 4 rings (SSSR count). The van der Waals surface area contributed by atoms with Gasteiger partial charge < -0.3 is 49.3 Å². The second-order valence-corrected chi connectivity index (χ2v) is 7.53. The zero-order chi connectivity index (χ0) is 24.7. The van der Waals surface area contributed by atoms with Crippen LogP contribution in [-0.2, 0) is 9.53 Å². The van der Waals surface area contributed by atoms with Crippen molar-refractivity contribution in [1.29, 1.82) is 0 Å². The SMILES string of the molecule is COc1ccc(-c2cc(=O)c3c(O)cc(OC4OC(C(=O)O)C(O)C(O)C4O)cc3o2)cc1O. The van der Waals surface area contributed by atoms with Crippen LogP contribution in [0.2, 0.25) is 0 Å². The molecule has 1 aliphatic rings. The van der Waals surface area contributed by atoms with Crippen LogP contribution in [0.5, 0.6) is 23.0 Å². The minimum Gasteiger partial charge on any atom is -0.507 e. The van der Waals surface area contributed by atoms with Crippen molar-refractivity contribution in [3.63, 3.8) is 0 Å². The Hall–Kier alpha value is -3.84. The molecule has 1 saturated heterocycles. The molecule has 12 nitrogen and oxygen atoms in total. The third-order valence-corrected chi connectivity index (χ3v) is 5.31. The molecule has 1 aliphatic heterocycles. The van der Waals surface area contributed by atoms with Crippen molar-refractivity contribution in [2.75, 3.05) is 7.11 Å². The van der Waals surface area contributed by atoms with Crippen LogP contribution in [0, 0.1) is 0 Å². The number of hydrogen-bond donors (Lipinski definition) is 6. The van der Waals surface area contributed by atoms with Crippen LogP contribution in [0.15, 0.2) is 45.6 Å². The summed E-state index contributed by atoms with van der Waals surface area (Å²) in [6.07, 6.45) is -9.24. The van der Waals surface area contributed by atoms with E-state index in [9.17, 15) is 35.1 Å². The van der Waals surface area contributed by atoms with Crippen molar-refractivity contribution in [2.24, 2.45) is 0 Å². The Morgan fingerprint density at radius 3 is 2.35 bits per heavy atom. The van der Waals surface area contributed by atoms with Crippen molar-refractivity contribution in [1.82, 2.24) is 0 Å². The van der Waals surface area contributed by atoms with E-state index in [-0.39, 0.29) is 34.0 Å². The number of aliphatic hydroxyl groups excluding tert-OH is 3. The van der Waals surface area contributed by atoms with Gasteiger partial charge in [-0.2, -0.15) is 0 Å². The van der Waals surface area contributed by atoms with Crippen LogP contribution in [0.25, 0.3) is 22.3 Å². The minimum atomic E-state index is -1.90. The molecule has 0 aliphatic carbocycles. The van der Waals surface area contributed by atoms with E-state index in [0.29, 0.717) is 5.56 Å². The molecule has 3 aromatic rings. The van der Waals surface area contributed by atoms with Gasteiger partial charge in [0.1, 0.15) is 46.5 Å². The molecule has 5 unspecified atom stereocenters. The number of carboxylic acid groups (broad SMARTS) is 1. The predicted molar refractivity (Wildman–Crippen MR) is 113 cm³/mol. The molecule has 1 fully saturated rings. The van der Waals surface area contributed by atoms with Crippen molar-refractivity contribution in [3.8, 4) is 34.3 Å². The number of methoxy groups -OCH3 is 1. The fourth-order valence-corrected chi connectivity index (χ4v) is 3.58. The van der Waals surface area contributed by atoms with Crippen molar-refractivity contribution < 1.29 is 54.1 Å². The molecule has 2 aromatic carbocycles. The summed E-state index contributed by atoms with van der Waals surface area (Å²) in [6.45, 7) is 0. The Bertz CT molecular complexity index is 1300. The number of hydrogen-bond acceptors (Lipinski definition) is 11. The maximum absolute atomic E-state index is 12.6. The predicted octanol–water partition coefficient (Wildman–Crippen LogP) is 0.151. The van der Waals surface area contributed by atoms with Crippen LogP contribution in [-0.4, -0.2) is 74.4 Å². The highest BCUT2D eigenvalue weighted by atomic mass is 16.7. The molecule has 2 heterocycles. The standard InChI is InChI=1S/C22H20O12/c1-31-13-3-2-8(4-10(13)23)14-7-12(25)16-11(24)5-9(6-15(16)33-14)32-22-19(28)17(26)18(27)20(34-22)21(29)30/h2-7,17-20,22-24,26-28H,1H3,(H,29,30). The number of carbonyl (C=O) groups is 1. The van der Waals surface area contributed by atoms with Gasteiger partial charge in [-0.3, -0.25) is 4.79 Å². The van der Waals surface area contributed by atoms with Crippen LogP contribution in [0.3, 0.4) is 0 Å². The number of phenols is 2. The Labute approximate surface area is 190 Å². The van der Waals surface area contributed by atoms with Gasteiger partial charge in [0.25, 0.3) is 0 Å². The average Bonchev–Trinajstić information content (AvgIpc) is 2.78. The minimum absolute atomic E-state index is 0.0467. The largest absolute Gasteiger partial charge is 0.507 e. The Balaban J connectivity index is 1.72. The van der Waals surface area contributed by atoms with Gasteiger partial charge in [-0.05, 0) is 18.2 Å². The maximum Gasteiger partial charge on any atom is 0.335 e. The van der Waals surface area contributed by atoms with E-state index in [0.717, 1.165) is 12.1 Å². The van der Waals surface area contributed by atoms with E-state index in [1.165, 1.54) is 31.4 Å². The lowest BCUT2D eigenvalue weighted by atomic mass is 9.99. The van der Waals surface area contributed by atoms with Gasteiger partial charge in [0.2, 0.25) is 6.29 Å². The third-order valence-electron chi connectivity index (χ3n) is 5.31. The summed E-state index contributed by atoms with van der Waals surface area (Å²) >= 11 is 0. The fourth-order valence-electron chi connectivity index (χ4n) is 3.58. The van der Waals surface area contributed by atoms with Crippen LogP contribution in [0.4, 0.5) is 0 Å². The first-order valence-corrected chi connectivity index (χ1v) is 9.88. The molecule has 12 heteroatoms. The Morgan fingerprint density at radius 1 is 0.971 bits per heavy atom. The monoisotopic (exact) mass is 476 g/mol. The second-order valence-electron chi connectivity index (χ2n) is 7.53. The first-order chi connectivity index (χ1) is 16.1. The van der Waals surface area contributed by atoms with E-state index in [2.05, 4.69) is 0 Å². The van der Waals surface area contributed by atoms with Crippen LogP contribution >= 0.6 is 0 Å². The number of phenolic OH excluding ortho intramolecular Hbond substituents is 2. The van der Waals surface area contributed by atoms with Gasteiger partial charge in [-0.25, -0.2) is 4.79 Å². The highest BCUT2D eigenvalue weighted by Gasteiger charge is 2.48. The average molecular weight is 476 g/mol. The molecule has 34 heavy (non-hydrogen) atoms. The lowest BCUT2D eigenvalue weighted by Crippen LogP contribution is -2.61. The zero-order valence-corrected chi connectivity index (χ0v) is 17.5. The molecular weight excluding hydrogens is 456 g/mol. The number of carboxylic acids is 1. The molecule has 6 N–H and O–H groups in total. The molecule has 0 amide bonds. The number of rotatable bonds is 5. The van der Waals surface area contributed by atoms with Gasteiger partial charge in [0.05, 0.1) is 7.11 Å². The maximum atomic E-state index is 12.6. The molecule has 0 saturated carbocycles. The summed E-state index contributed by atoms with van der Waals surface area (Å²) < 4.78 is 21.2. The van der Waals surface area contributed by atoms with Crippen molar-refractivity contribution in [3.05, 3.63) is 46.6 Å². The van der Waals surface area contributed by atoms with E-state index in [4.69, 9.17) is 23.7 Å². The van der Waals surface area contributed by atoms with E-state index in [1.54, 1.807) is 0 Å². The van der Waals surface area contributed by atoms with Crippen molar-refractivity contribution >= 4 is 16.9 Å². The first-order valence-electron chi connectivity index (χ1n) is 9.88. The third kappa shape index (κ3) is 4.10. The summed E-state index contributed by atoms with van der Waals surface area (Å²) in [5, 5.41) is 59.2. The summed E-state index contributed by atoms with van der Waals surface area (Å²) in [5.74, 6) is -2.26. The molecule has 5 atom stereocenters. The van der Waals surface area contributed by atoms with E-state index >= 15 is 0 Å². The molecule has 180 valence electrons. The number of aromatic hydroxyl groups is 2. The fraction of sp³-hybridized carbons (Fsp3) is 0.273. The lowest BCUT2D eigenvalue weighted by molar-refractivity contribution is -0.271. The number of aliphatic hydroxyl groups is 3. The summed E-state index contributed by atoms with van der Waals surface area (Å²) in [7, 11) is 1.38.